The first kappa shape index (κ1) is 17.1. The summed E-state index contributed by atoms with van der Waals surface area (Å²) in [5, 5.41) is 2.98. The molecule has 0 bridgehead atoms. The normalized spacial score (nSPS) is 11.2. The van der Waals surface area contributed by atoms with Gasteiger partial charge >= 0.3 is 0 Å². The molecule has 0 aliphatic carbocycles. The number of rotatable bonds is 6. The molecule has 0 aliphatic heterocycles. The van der Waals surface area contributed by atoms with Gasteiger partial charge < -0.3 is 9.88 Å². The van der Waals surface area contributed by atoms with Crippen LogP contribution >= 0.6 is 0 Å². The standard InChI is InChI=1S/C20H24N4O/c1-4-24-18(23-17-6-5-12-21-19(17)24)11-13-22-20(25)16-9-7-15(8-10-16)14(2)3/h5-10,12,14H,4,11,13H2,1-3H3,(H,22,25). The van der Waals surface area contributed by atoms with Gasteiger partial charge in [0.2, 0.25) is 0 Å². The minimum absolute atomic E-state index is 0.0485. The van der Waals surface area contributed by atoms with Gasteiger partial charge in [-0.2, -0.15) is 0 Å². The second-order valence-corrected chi connectivity index (χ2v) is 6.40. The van der Waals surface area contributed by atoms with Gasteiger partial charge in [-0.3, -0.25) is 4.79 Å². The first-order chi connectivity index (χ1) is 12.1. The summed E-state index contributed by atoms with van der Waals surface area (Å²) < 4.78 is 2.10. The number of carbonyl (C=O) groups is 1. The molecule has 0 aliphatic rings. The lowest BCUT2D eigenvalue weighted by atomic mass is 10.0. The van der Waals surface area contributed by atoms with Crippen molar-refractivity contribution in [2.24, 2.45) is 0 Å². The molecule has 5 heteroatoms. The van der Waals surface area contributed by atoms with Crippen molar-refractivity contribution in [3.8, 4) is 0 Å². The van der Waals surface area contributed by atoms with Crippen LogP contribution in [0.2, 0.25) is 0 Å². The molecule has 1 amide bonds. The quantitative estimate of drug-likeness (QED) is 0.749. The summed E-state index contributed by atoms with van der Waals surface area (Å²) in [6, 6.07) is 11.7. The minimum atomic E-state index is -0.0485. The molecule has 0 saturated carbocycles. The fourth-order valence-corrected chi connectivity index (χ4v) is 2.94. The molecule has 0 unspecified atom stereocenters. The van der Waals surface area contributed by atoms with Crippen LogP contribution in [0.3, 0.4) is 0 Å². The van der Waals surface area contributed by atoms with Gasteiger partial charge in [0.15, 0.2) is 5.65 Å². The third-order valence-electron chi connectivity index (χ3n) is 4.37. The number of nitrogens with one attached hydrogen (secondary N) is 1. The summed E-state index contributed by atoms with van der Waals surface area (Å²) in [7, 11) is 0. The van der Waals surface area contributed by atoms with Gasteiger partial charge in [0, 0.05) is 31.3 Å². The van der Waals surface area contributed by atoms with E-state index in [1.54, 1.807) is 6.20 Å². The zero-order valence-electron chi connectivity index (χ0n) is 15.0. The lowest BCUT2D eigenvalue weighted by Crippen LogP contribution is -2.26. The second-order valence-electron chi connectivity index (χ2n) is 6.40. The molecule has 1 N–H and O–H groups in total. The Morgan fingerprint density at radius 1 is 1.20 bits per heavy atom. The van der Waals surface area contributed by atoms with Crippen molar-refractivity contribution in [2.45, 2.75) is 39.7 Å². The Bertz CT molecular complexity index is 865. The number of amides is 1. The fraction of sp³-hybridized carbons (Fsp3) is 0.350. The highest BCUT2D eigenvalue weighted by molar-refractivity contribution is 5.94. The molecule has 25 heavy (non-hydrogen) atoms. The number of carbonyl (C=O) groups excluding carboxylic acids is 1. The summed E-state index contributed by atoms with van der Waals surface area (Å²) in [5.74, 6) is 1.37. The lowest BCUT2D eigenvalue weighted by Gasteiger charge is -2.09. The van der Waals surface area contributed by atoms with E-state index >= 15 is 0 Å². The molecule has 3 aromatic rings. The van der Waals surface area contributed by atoms with Crippen LogP contribution in [0.4, 0.5) is 0 Å². The molecule has 0 saturated heterocycles. The number of aryl methyl sites for hydroxylation is 1. The highest BCUT2D eigenvalue weighted by Crippen LogP contribution is 2.15. The minimum Gasteiger partial charge on any atom is -0.352 e. The molecule has 0 atom stereocenters. The van der Waals surface area contributed by atoms with Crippen molar-refractivity contribution in [1.29, 1.82) is 0 Å². The van der Waals surface area contributed by atoms with Crippen LogP contribution in [0.15, 0.2) is 42.6 Å². The first-order valence-electron chi connectivity index (χ1n) is 8.78. The van der Waals surface area contributed by atoms with Crippen molar-refractivity contribution < 1.29 is 4.79 Å². The molecule has 0 radical (unpaired) electrons. The molecule has 0 fully saturated rings. The van der Waals surface area contributed by atoms with Crippen LogP contribution < -0.4 is 5.32 Å². The number of fused-ring (bicyclic) bond motifs is 1. The molecule has 2 aromatic heterocycles. The number of nitrogens with zero attached hydrogens (tertiary/aromatic N) is 3. The van der Waals surface area contributed by atoms with E-state index < -0.39 is 0 Å². The molecule has 3 rings (SSSR count). The Morgan fingerprint density at radius 2 is 1.96 bits per heavy atom. The molecular weight excluding hydrogens is 312 g/mol. The van der Waals surface area contributed by atoms with E-state index in [-0.39, 0.29) is 5.91 Å². The molecular formula is C20H24N4O. The number of imidazole rings is 1. The summed E-state index contributed by atoms with van der Waals surface area (Å²) in [5.41, 5.74) is 3.72. The van der Waals surface area contributed by atoms with Gasteiger partial charge in [0.05, 0.1) is 0 Å². The van der Waals surface area contributed by atoms with Crippen LogP contribution in [0.25, 0.3) is 11.2 Å². The smallest absolute Gasteiger partial charge is 0.251 e. The second kappa shape index (κ2) is 7.47. The first-order valence-corrected chi connectivity index (χ1v) is 8.78. The SMILES string of the molecule is CCn1c(CCNC(=O)c2ccc(C(C)C)cc2)nc2cccnc21. The Hall–Kier alpha value is -2.69. The third kappa shape index (κ3) is 3.71. The molecule has 5 nitrogen and oxygen atoms in total. The summed E-state index contributed by atoms with van der Waals surface area (Å²) in [4.78, 5) is 21.3. The van der Waals surface area contributed by atoms with Crippen molar-refractivity contribution in [3.05, 3.63) is 59.5 Å². The molecule has 2 heterocycles. The lowest BCUT2D eigenvalue weighted by molar-refractivity contribution is 0.0954. The van der Waals surface area contributed by atoms with E-state index in [1.807, 2.05) is 36.4 Å². The molecule has 0 spiro atoms. The number of aromatic nitrogens is 3. The van der Waals surface area contributed by atoms with E-state index in [9.17, 15) is 4.79 Å². The third-order valence-corrected chi connectivity index (χ3v) is 4.37. The number of benzene rings is 1. The van der Waals surface area contributed by atoms with E-state index in [0.29, 0.717) is 24.4 Å². The maximum atomic E-state index is 12.3. The topological polar surface area (TPSA) is 59.8 Å². The summed E-state index contributed by atoms with van der Waals surface area (Å²) >= 11 is 0. The van der Waals surface area contributed by atoms with Crippen LogP contribution in [0.1, 0.15) is 48.4 Å². The van der Waals surface area contributed by atoms with Gasteiger partial charge in [-0.25, -0.2) is 9.97 Å². The zero-order valence-corrected chi connectivity index (χ0v) is 15.0. The zero-order chi connectivity index (χ0) is 17.8. The average Bonchev–Trinajstić information content (AvgIpc) is 2.99. The Labute approximate surface area is 148 Å². The van der Waals surface area contributed by atoms with Gasteiger partial charge in [0.25, 0.3) is 5.91 Å². The van der Waals surface area contributed by atoms with Crippen molar-refractivity contribution >= 4 is 17.1 Å². The van der Waals surface area contributed by atoms with Crippen LogP contribution in [-0.2, 0) is 13.0 Å². The van der Waals surface area contributed by atoms with Gasteiger partial charge in [-0.05, 0) is 42.7 Å². The summed E-state index contributed by atoms with van der Waals surface area (Å²) in [6.07, 6.45) is 2.46. The highest BCUT2D eigenvalue weighted by Gasteiger charge is 2.11. The van der Waals surface area contributed by atoms with Crippen LogP contribution in [0.5, 0.6) is 0 Å². The Morgan fingerprint density at radius 3 is 2.64 bits per heavy atom. The van der Waals surface area contributed by atoms with Crippen molar-refractivity contribution in [2.75, 3.05) is 6.54 Å². The van der Waals surface area contributed by atoms with E-state index in [1.165, 1.54) is 5.56 Å². The summed E-state index contributed by atoms with van der Waals surface area (Å²) in [6.45, 7) is 7.73. The van der Waals surface area contributed by atoms with E-state index in [4.69, 9.17) is 0 Å². The Kier molecular flexibility index (Phi) is 5.12. The number of hydrogen-bond donors (Lipinski definition) is 1. The number of hydrogen-bond acceptors (Lipinski definition) is 3. The largest absolute Gasteiger partial charge is 0.352 e. The predicted molar refractivity (Wildman–Crippen MR) is 99.8 cm³/mol. The van der Waals surface area contributed by atoms with Crippen LogP contribution in [0, 0.1) is 0 Å². The van der Waals surface area contributed by atoms with Crippen molar-refractivity contribution in [3.63, 3.8) is 0 Å². The van der Waals surface area contributed by atoms with Gasteiger partial charge in [-0.15, -0.1) is 0 Å². The number of pyridine rings is 1. The molecule has 1 aromatic carbocycles. The maximum absolute atomic E-state index is 12.3. The van der Waals surface area contributed by atoms with Crippen LogP contribution in [-0.4, -0.2) is 27.0 Å². The maximum Gasteiger partial charge on any atom is 0.251 e. The van der Waals surface area contributed by atoms with Gasteiger partial charge in [-0.1, -0.05) is 26.0 Å². The monoisotopic (exact) mass is 336 g/mol. The predicted octanol–water partition coefficient (Wildman–Crippen LogP) is 3.55. The Balaban J connectivity index is 1.63. The van der Waals surface area contributed by atoms with Gasteiger partial charge in [0.1, 0.15) is 11.3 Å². The van der Waals surface area contributed by atoms with E-state index in [2.05, 4.69) is 40.6 Å². The molecule has 130 valence electrons. The van der Waals surface area contributed by atoms with E-state index in [0.717, 1.165) is 23.5 Å². The van der Waals surface area contributed by atoms with Crippen molar-refractivity contribution in [1.82, 2.24) is 19.9 Å². The fourth-order valence-electron chi connectivity index (χ4n) is 2.94. The highest BCUT2D eigenvalue weighted by atomic mass is 16.1. The average molecular weight is 336 g/mol.